The van der Waals surface area contributed by atoms with Crippen molar-refractivity contribution in [3.8, 4) is 11.3 Å². The second-order valence-electron chi connectivity index (χ2n) is 6.68. The number of hydrogen-bond acceptors (Lipinski definition) is 4. The largest absolute Gasteiger partial charge is 0.343 e. The summed E-state index contributed by atoms with van der Waals surface area (Å²) in [6.07, 6.45) is 6.65. The maximum atomic E-state index is 12.3. The van der Waals surface area contributed by atoms with Crippen LogP contribution >= 0.6 is 0 Å². The van der Waals surface area contributed by atoms with Gasteiger partial charge in [-0.25, -0.2) is 4.68 Å². The van der Waals surface area contributed by atoms with Crippen LogP contribution in [0.2, 0.25) is 0 Å². The summed E-state index contributed by atoms with van der Waals surface area (Å²) in [5.74, 6) is 0.896. The van der Waals surface area contributed by atoms with Gasteiger partial charge in [0.05, 0.1) is 5.69 Å². The Hall–Kier alpha value is -2.50. The van der Waals surface area contributed by atoms with Crippen molar-refractivity contribution in [3.05, 3.63) is 47.0 Å². The number of aryl methyl sites for hydroxylation is 1. The number of likely N-dealkylation sites (tertiary alicyclic amines) is 1. The molecule has 0 aliphatic carbocycles. The molecule has 1 amide bonds. The molecule has 1 saturated heterocycles. The molecule has 3 rings (SSSR count). The average molecular weight is 340 g/mol. The molecule has 3 heterocycles. The lowest BCUT2D eigenvalue weighted by atomic mass is 9.99. The van der Waals surface area contributed by atoms with E-state index in [0.29, 0.717) is 25.3 Å². The van der Waals surface area contributed by atoms with Gasteiger partial charge in [0.25, 0.3) is 5.56 Å². The normalized spacial score (nSPS) is 15.3. The van der Waals surface area contributed by atoms with E-state index < -0.39 is 0 Å². The first kappa shape index (κ1) is 17.3. The summed E-state index contributed by atoms with van der Waals surface area (Å²) in [6.45, 7) is 4.40. The monoisotopic (exact) mass is 340 g/mol. The Kier molecular flexibility index (Phi) is 5.58. The van der Waals surface area contributed by atoms with Gasteiger partial charge in [-0.3, -0.25) is 14.6 Å². The van der Waals surface area contributed by atoms with Gasteiger partial charge in [-0.2, -0.15) is 5.10 Å². The quantitative estimate of drug-likeness (QED) is 0.838. The molecule has 2 aromatic heterocycles. The third-order valence-corrected chi connectivity index (χ3v) is 4.74. The molecular weight excluding hydrogens is 316 g/mol. The number of carbonyl (C=O) groups excluding carboxylic acids is 1. The predicted octanol–water partition coefficient (Wildman–Crippen LogP) is 2.34. The highest BCUT2D eigenvalue weighted by Crippen LogP contribution is 2.17. The lowest BCUT2D eigenvalue weighted by molar-refractivity contribution is -0.132. The molecule has 0 bridgehead atoms. The Morgan fingerprint density at radius 3 is 2.60 bits per heavy atom. The SMILES string of the molecule is CC1CCN(C(=O)CCCn2nc(-c3ccncc3)ccc2=O)CC1. The van der Waals surface area contributed by atoms with Gasteiger partial charge in [0, 0.05) is 50.1 Å². The van der Waals surface area contributed by atoms with Gasteiger partial charge in [0.1, 0.15) is 0 Å². The summed E-state index contributed by atoms with van der Waals surface area (Å²) in [5, 5.41) is 4.41. The number of amides is 1. The maximum absolute atomic E-state index is 12.3. The van der Waals surface area contributed by atoms with Crippen molar-refractivity contribution in [1.82, 2.24) is 19.7 Å². The smallest absolute Gasteiger partial charge is 0.266 e. The summed E-state index contributed by atoms with van der Waals surface area (Å²) in [5.41, 5.74) is 1.51. The van der Waals surface area contributed by atoms with Crippen LogP contribution in [0.15, 0.2) is 41.5 Å². The molecule has 1 aliphatic rings. The Bertz CT molecular complexity index is 764. The first-order valence-corrected chi connectivity index (χ1v) is 8.90. The molecule has 0 aromatic carbocycles. The Balaban J connectivity index is 1.58. The molecule has 0 spiro atoms. The van der Waals surface area contributed by atoms with Crippen molar-refractivity contribution in [2.24, 2.45) is 5.92 Å². The average Bonchev–Trinajstić information content (AvgIpc) is 2.64. The fraction of sp³-hybridized carbons (Fsp3) is 0.474. The van der Waals surface area contributed by atoms with Crippen molar-refractivity contribution < 1.29 is 4.79 Å². The van der Waals surface area contributed by atoms with E-state index in [9.17, 15) is 9.59 Å². The second-order valence-corrected chi connectivity index (χ2v) is 6.68. The van der Waals surface area contributed by atoms with Crippen LogP contribution in [0.3, 0.4) is 0 Å². The lowest BCUT2D eigenvalue weighted by Crippen LogP contribution is -2.38. The molecule has 0 unspecified atom stereocenters. The number of rotatable bonds is 5. The van der Waals surface area contributed by atoms with Gasteiger partial charge >= 0.3 is 0 Å². The number of hydrogen-bond donors (Lipinski definition) is 0. The van der Waals surface area contributed by atoms with Crippen molar-refractivity contribution in [3.63, 3.8) is 0 Å². The van der Waals surface area contributed by atoms with Crippen molar-refractivity contribution in [2.75, 3.05) is 13.1 Å². The van der Waals surface area contributed by atoms with Gasteiger partial charge in [0.15, 0.2) is 0 Å². The minimum atomic E-state index is -0.142. The molecule has 0 N–H and O–H groups in total. The zero-order chi connectivity index (χ0) is 17.6. The Labute approximate surface area is 147 Å². The van der Waals surface area contributed by atoms with Crippen LogP contribution in [-0.2, 0) is 11.3 Å². The molecular formula is C19H24N4O2. The minimum Gasteiger partial charge on any atom is -0.343 e. The topological polar surface area (TPSA) is 68.1 Å². The van der Waals surface area contributed by atoms with Gasteiger partial charge < -0.3 is 4.90 Å². The molecule has 0 saturated carbocycles. The molecule has 132 valence electrons. The number of pyridine rings is 1. The number of piperidine rings is 1. The van der Waals surface area contributed by atoms with Gasteiger partial charge in [-0.15, -0.1) is 0 Å². The standard InChI is InChI=1S/C19H24N4O2/c1-15-8-13-22(14-9-15)18(24)3-2-12-23-19(25)5-4-17(21-23)16-6-10-20-11-7-16/h4-7,10-11,15H,2-3,8-9,12-14H2,1H3. The predicted molar refractivity (Wildman–Crippen MR) is 95.9 cm³/mol. The summed E-state index contributed by atoms with van der Waals surface area (Å²) < 4.78 is 1.45. The third-order valence-electron chi connectivity index (χ3n) is 4.74. The summed E-state index contributed by atoms with van der Waals surface area (Å²) in [6, 6.07) is 6.96. The fourth-order valence-corrected chi connectivity index (χ4v) is 3.08. The third kappa shape index (κ3) is 4.53. The number of carbonyl (C=O) groups is 1. The van der Waals surface area contributed by atoms with Crippen molar-refractivity contribution in [2.45, 2.75) is 39.2 Å². The van der Waals surface area contributed by atoms with Crippen LogP contribution in [0, 0.1) is 5.92 Å². The van der Waals surface area contributed by atoms with Crippen molar-refractivity contribution in [1.29, 1.82) is 0 Å². The molecule has 6 heteroatoms. The highest BCUT2D eigenvalue weighted by molar-refractivity contribution is 5.76. The number of aromatic nitrogens is 3. The van der Waals surface area contributed by atoms with Crippen LogP contribution in [-0.4, -0.2) is 38.7 Å². The van der Waals surface area contributed by atoms with Gasteiger partial charge in [0.2, 0.25) is 5.91 Å². The van der Waals surface area contributed by atoms with E-state index in [2.05, 4.69) is 17.0 Å². The molecule has 1 aliphatic heterocycles. The minimum absolute atomic E-state index is 0.142. The van der Waals surface area contributed by atoms with Crippen LogP contribution in [0.5, 0.6) is 0 Å². The molecule has 6 nitrogen and oxygen atoms in total. The lowest BCUT2D eigenvalue weighted by Gasteiger charge is -2.30. The van der Waals surface area contributed by atoms with Gasteiger partial charge in [-0.05, 0) is 43.4 Å². The van der Waals surface area contributed by atoms with Crippen LogP contribution in [0.1, 0.15) is 32.6 Å². The highest BCUT2D eigenvalue weighted by Gasteiger charge is 2.19. The van der Waals surface area contributed by atoms with E-state index in [4.69, 9.17) is 0 Å². The van der Waals surface area contributed by atoms with Crippen LogP contribution < -0.4 is 5.56 Å². The first-order valence-electron chi connectivity index (χ1n) is 8.90. The van der Waals surface area contributed by atoms with Crippen molar-refractivity contribution >= 4 is 5.91 Å². The maximum Gasteiger partial charge on any atom is 0.266 e. The van der Waals surface area contributed by atoms with E-state index >= 15 is 0 Å². The summed E-state index contributed by atoms with van der Waals surface area (Å²) in [7, 11) is 0. The molecule has 25 heavy (non-hydrogen) atoms. The van der Waals surface area contributed by atoms with E-state index in [1.54, 1.807) is 18.5 Å². The number of nitrogens with zero attached hydrogens (tertiary/aromatic N) is 4. The molecule has 1 fully saturated rings. The van der Waals surface area contributed by atoms with E-state index in [1.165, 1.54) is 10.7 Å². The zero-order valence-corrected chi connectivity index (χ0v) is 14.6. The van der Waals surface area contributed by atoms with E-state index in [0.717, 1.165) is 37.2 Å². The Morgan fingerprint density at radius 2 is 1.88 bits per heavy atom. The Morgan fingerprint density at radius 1 is 1.16 bits per heavy atom. The van der Waals surface area contributed by atoms with Crippen LogP contribution in [0.25, 0.3) is 11.3 Å². The van der Waals surface area contributed by atoms with E-state index in [-0.39, 0.29) is 11.5 Å². The first-order chi connectivity index (χ1) is 12.1. The highest BCUT2D eigenvalue weighted by atomic mass is 16.2. The van der Waals surface area contributed by atoms with Crippen LogP contribution in [0.4, 0.5) is 0 Å². The molecule has 2 aromatic rings. The molecule has 0 atom stereocenters. The van der Waals surface area contributed by atoms with E-state index in [1.807, 2.05) is 17.0 Å². The summed E-state index contributed by atoms with van der Waals surface area (Å²) in [4.78, 5) is 30.2. The fourth-order valence-electron chi connectivity index (χ4n) is 3.08. The zero-order valence-electron chi connectivity index (χ0n) is 14.6. The molecule has 0 radical (unpaired) electrons. The second kappa shape index (κ2) is 8.05. The summed E-state index contributed by atoms with van der Waals surface area (Å²) >= 11 is 0. The van der Waals surface area contributed by atoms with Gasteiger partial charge in [-0.1, -0.05) is 6.92 Å².